The fourth-order valence-corrected chi connectivity index (χ4v) is 5.51. The number of nitrogens with zero attached hydrogens (tertiary/aromatic N) is 2. The molecule has 6 rings (SSSR count). The fourth-order valence-electron chi connectivity index (χ4n) is 5.51. The number of carbonyl (C=O) groups excluding carboxylic acids is 1. The Bertz CT molecular complexity index is 1370. The Morgan fingerprint density at radius 1 is 1.03 bits per heavy atom. The van der Waals surface area contributed by atoms with Crippen molar-refractivity contribution in [3.05, 3.63) is 83.4 Å². The molecule has 0 saturated carbocycles. The van der Waals surface area contributed by atoms with E-state index in [1.54, 1.807) is 0 Å². The summed E-state index contributed by atoms with van der Waals surface area (Å²) in [4.78, 5) is 15.6. The van der Waals surface area contributed by atoms with Crippen molar-refractivity contribution in [3.63, 3.8) is 0 Å². The molecule has 0 radical (unpaired) electrons. The highest BCUT2D eigenvalue weighted by atomic mass is 16.5. The Morgan fingerprint density at radius 3 is 2.67 bits per heavy atom. The first kappa shape index (κ1) is 22.8. The van der Waals surface area contributed by atoms with Crippen LogP contribution in [0.2, 0.25) is 0 Å². The zero-order chi connectivity index (χ0) is 24.5. The van der Waals surface area contributed by atoms with Gasteiger partial charge in [-0.2, -0.15) is 5.10 Å². The van der Waals surface area contributed by atoms with Gasteiger partial charge in [-0.15, -0.1) is 0 Å². The summed E-state index contributed by atoms with van der Waals surface area (Å²) in [5.74, 6) is 0.841. The van der Waals surface area contributed by atoms with Crippen LogP contribution in [-0.2, 0) is 6.42 Å². The van der Waals surface area contributed by atoms with Crippen molar-refractivity contribution in [1.82, 2.24) is 20.4 Å². The summed E-state index contributed by atoms with van der Waals surface area (Å²) >= 11 is 0. The molecular formula is C30H32N4O2. The molecule has 2 aliphatic rings. The third-order valence-corrected chi connectivity index (χ3v) is 7.60. The van der Waals surface area contributed by atoms with E-state index < -0.39 is 0 Å². The Balaban J connectivity index is 1.20. The lowest BCUT2D eigenvalue weighted by molar-refractivity contribution is 0.0933. The molecule has 2 heterocycles. The predicted molar refractivity (Wildman–Crippen MR) is 142 cm³/mol. The molecule has 3 aromatic carbocycles. The lowest BCUT2D eigenvalue weighted by Crippen LogP contribution is -2.35. The summed E-state index contributed by atoms with van der Waals surface area (Å²) in [7, 11) is 2.16. The third kappa shape index (κ3) is 4.61. The van der Waals surface area contributed by atoms with Crippen molar-refractivity contribution < 1.29 is 9.53 Å². The number of aromatic amines is 1. The van der Waals surface area contributed by atoms with E-state index in [1.807, 2.05) is 42.5 Å². The molecular weight excluding hydrogens is 448 g/mol. The van der Waals surface area contributed by atoms with E-state index in [0.29, 0.717) is 5.56 Å². The number of benzene rings is 3. The van der Waals surface area contributed by atoms with E-state index in [4.69, 9.17) is 4.74 Å². The van der Waals surface area contributed by atoms with Gasteiger partial charge in [0.25, 0.3) is 5.91 Å². The molecule has 2 N–H and O–H groups in total. The number of ether oxygens (including phenoxy) is 1. The first-order valence-corrected chi connectivity index (χ1v) is 13.0. The van der Waals surface area contributed by atoms with Crippen LogP contribution in [0.15, 0.2) is 66.7 Å². The number of fused-ring (bicyclic) bond motifs is 2. The Labute approximate surface area is 211 Å². The van der Waals surface area contributed by atoms with Gasteiger partial charge in [-0.3, -0.25) is 9.89 Å². The molecule has 6 nitrogen and oxygen atoms in total. The number of hydrogen-bond donors (Lipinski definition) is 2. The molecule has 184 valence electrons. The number of aromatic nitrogens is 2. The van der Waals surface area contributed by atoms with Gasteiger partial charge in [0.2, 0.25) is 0 Å². The molecule has 1 saturated heterocycles. The normalized spacial score (nSPS) is 18.6. The Morgan fingerprint density at radius 2 is 1.83 bits per heavy atom. The van der Waals surface area contributed by atoms with Crippen LogP contribution in [0.3, 0.4) is 0 Å². The molecule has 1 aliphatic carbocycles. The quantitative estimate of drug-likeness (QED) is 0.395. The van der Waals surface area contributed by atoms with E-state index in [-0.39, 0.29) is 18.1 Å². The summed E-state index contributed by atoms with van der Waals surface area (Å²) in [5.41, 5.74) is 5.98. The van der Waals surface area contributed by atoms with E-state index >= 15 is 0 Å². The zero-order valence-electron chi connectivity index (χ0n) is 20.7. The number of hydrogen-bond acceptors (Lipinski definition) is 4. The predicted octanol–water partition coefficient (Wildman–Crippen LogP) is 5.51. The molecule has 6 heteroatoms. The summed E-state index contributed by atoms with van der Waals surface area (Å²) in [5, 5.41) is 11.9. The van der Waals surface area contributed by atoms with Crippen LogP contribution in [0.5, 0.6) is 5.75 Å². The standard InChI is InChI=1S/C30H32N4O2/c1-34-17-15-24(16-18-34)36-23-12-9-21(10-13-23)29-26-19-22(11-14-28(26)32-33-29)30(35)31-27-8-4-6-20-5-2-3-7-25(20)27/h2-3,5,7,9-14,19,24,27H,4,6,8,15-18H2,1H3,(H,31,35)(H,32,33)/t27-/m1/s1. The number of rotatable bonds is 5. The third-order valence-electron chi connectivity index (χ3n) is 7.60. The largest absolute Gasteiger partial charge is 0.490 e. The van der Waals surface area contributed by atoms with E-state index in [2.05, 4.69) is 51.7 Å². The van der Waals surface area contributed by atoms with Crippen LogP contribution in [0.1, 0.15) is 53.2 Å². The Kier molecular flexibility index (Phi) is 6.20. The van der Waals surface area contributed by atoms with Gasteiger partial charge in [-0.25, -0.2) is 0 Å². The van der Waals surface area contributed by atoms with Crippen molar-refractivity contribution >= 4 is 16.8 Å². The highest BCUT2D eigenvalue weighted by Gasteiger charge is 2.23. The molecule has 0 unspecified atom stereocenters. The zero-order valence-corrected chi connectivity index (χ0v) is 20.7. The molecule has 1 atom stereocenters. The van der Waals surface area contributed by atoms with E-state index in [1.165, 1.54) is 11.1 Å². The summed E-state index contributed by atoms with van der Waals surface area (Å²) in [6, 6.07) is 22.4. The molecule has 1 fully saturated rings. The van der Waals surface area contributed by atoms with Crippen LogP contribution in [0, 0.1) is 0 Å². The molecule has 0 bridgehead atoms. The minimum Gasteiger partial charge on any atom is -0.490 e. The van der Waals surface area contributed by atoms with Gasteiger partial charge in [-0.1, -0.05) is 24.3 Å². The van der Waals surface area contributed by atoms with E-state index in [9.17, 15) is 4.79 Å². The number of H-pyrrole nitrogens is 1. The minimum absolute atomic E-state index is 0.0485. The monoisotopic (exact) mass is 480 g/mol. The van der Waals surface area contributed by atoms with Crippen molar-refractivity contribution in [3.8, 4) is 17.0 Å². The average Bonchev–Trinajstić information content (AvgIpc) is 3.34. The maximum absolute atomic E-state index is 13.2. The van der Waals surface area contributed by atoms with Gasteiger partial charge < -0.3 is 15.0 Å². The van der Waals surface area contributed by atoms with Crippen molar-refractivity contribution in [2.24, 2.45) is 0 Å². The van der Waals surface area contributed by atoms with Gasteiger partial charge >= 0.3 is 0 Å². The van der Waals surface area contributed by atoms with Crippen LogP contribution in [-0.4, -0.2) is 47.2 Å². The van der Waals surface area contributed by atoms with Gasteiger partial charge in [0, 0.05) is 29.6 Å². The maximum Gasteiger partial charge on any atom is 0.251 e. The van der Waals surface area contributed by atoms with Crippen LogP contribution in [0.25, 0.3) is 22.2 Å². The van der Waals surface area contributed by atoms with Crippen molar-refractivity contribution in [1.29, 1.82) is 0 Å². The summed E-state index contributed by atoms with van der Waals surface area (Å²) < 4.78 is 6.20. The minimum atomic E-state index is -0.0485. The number of piperidine rings is 1. The molecule has 1 amide bonds. The van der Waals surface area contributed by atoms with Gasteiger partial charge in [-0.05, 0) is 92.7 Å². The Hall–Kier alpha value is -3.64. The highest BCUT2D eigenvalue weighted by molar-refractivity contribution is 6.01. The second-order valence-electron chi connectivity index (χ2n) is 10.1. The van der Waals surface area contributed by atoms with Crippen LogP contribution < -0.4 is 10.1 Å². The maximum atomic E-state index is 13.2. The molecule has 36 heavy (non-hydrogen) atoms. The number of likely N-dealkylation sites (tertiary alicyclic amines) is 1. The van der Waals surface area contributed by atoms with Gasteiger partial charge in [0.1, 0.15) is 11.9 Å². The number of nitrogens with one attached hydrogen (secondary N) is 2. The van der Waals surface area contributed by atoms with Gasteiger partial charge in [0.15, 0.2) is 0 Å². The van der Waals surface area contributed by atoms with E-state index in [0.717, 1.165) is 73.1 Å². The number of amides is 1. The molecule has 0 spiro atoms. The lowest BCUT2D eigenvalue weighted by Gasteiger charge is -2.29. The first-order valence-electron chi connectivity index (χ1n) is 13.0. The first-order chi connectivity index (χ1) is 17.6. The number of aryl methyl sites for hydroxylation is 1. The second-order valence-corrected chi connectivity index (χ2v) is 10.1. The SMILES string of the molecule is CN1CCC(Oc2ccc(-c3n[nH]c4ccc(C(=O)N[C@@H]5CCCc6ccccc65)cc34)cc2)CC1. The lowest BCUT2D eigenvalue weighted by atomic mass is 9.87. The smallest absolute Gasteiger partial charge is 0.251 e. The highest BCUT2D eigenvalue weighted by Crippen LogP contribution is 2.31. The topological polar surface area (TPSA) is 70.2 Å². The fraction of sp³-hybridized carbons (Fsp3) is 0.333. The van der Waals surface area contributed by atoms with Crippen LogP contribution >= 0.6 is 0 Å². The second kappa shape index (κ2) is 9.78. The number of carbonyl (C=O) groups is 1. The molecule has 1 aliphatic heterocycles. The average molecular weight is 481 g/mol. The summed E-state index contributed by atoms with van der Waals surface area (Å²) in [6.07, 6.45) is 5.52. The van der Waals surface area contributed by atoms with Crippen LogP contribution in [0.4, 0.5) is 0 Å². The van der Waals surface area contributed by atoms with Gasteiger partial charge in [0.05, 0.1) is 17.3 Å². The van der Waals surface area contributed by atoms with Crippen molar-refractivity contribution in [2.45, 2.75) is 44.2 Å². The molecule has 4 aromatic rings. The molecule has 1 aromatic heterocycles. The summed E-state index contributed by atoms with van der Waals surface area (Å²) in [6.45, 7) is 2.15. The van der Waals surface area contributed by atoms with Crippen molar-refractivity contribution in [2.75, 3.05) is 20.1 Å².